The zero-order chi connectivity index (χ0) is 8.72. The molecule has 1 aliphatic carbocycles. The number of oxime groups is 1. The molecule has 0 bridgehead atoms. The van der Waals surface area contributed by atoms with Gasteiger partial charge in [-0.3, -0.25) is 0 Å². The van der Waals surface area contributed by atoms with Crippen LogP contribution in [0.1, 0.15) is 12.8 Å². The van der Waals surface area contributed by atoms with Crippen LogP contribution in [0.2, 0.25) is 0 Å². The largest absolute Gasteiger partial charge is 0.477 e. The average Bonchev–Trinajstić information content (AvgIpc) is 2.53. The maximum atomic E-state index is 10.6. The molecule has 3 N–H and O–H groups in total. The summed E-state index contributed by atoms with van der Waals surface area (Å²) in [5.41, 5.74) is 5.82. The Labute approximate surface area is 69.2 Å². The Bertz CT molecular complexity index is 251. The number of carboxylic acids is 1. The van der Waals surface area contributed by atoms with Crippen LogP contribution in [0, 0.1) is 5.92 Å². The van der Waals surface area contributed by atoms with E-state index in [1.165, 1.54) is 0 Å². The zero-order valence-electron chi connectivity index (χ0n) is 6.43. The first-order chi connectivity index (χ1) is 5.70. The van der Waals surface area contributed by atoms with Gasteiger partial charge in [0.2, 0.25) is 0 Å². The summed E-state index contributed by atoms with van der Waals surface area (Å²) in [6.45, 7) is 0. The molecule has 1 aliphatic heterocycles. The lowest BCUT2D eigenvalue weighted by Crippen LogP contribution is -2.34. The Morgan fingerprint density at radius 2 is 2.42 bits per heavy atom. The third kappa shape index (κ3) is 0.896. The molecule has 2 unspecified atom stereocenters. The second-order valence-corrected chi connectivity index (χ2v) is 3.20. The van der Waals surface area contributed by atoms with E-state index in [0.29, 0.717) is 0 Å². The van der Waals surface area contributed by atoms with Gasteiger partial charge in [-0.2, -0.15) is 0 Å². The van der Waals surface area contributed by atoms with Crippen molar-refractivity contribution in [2.45, 2.75) is 25.0 Å². The van der Waals surface area contributed by atoms with Crippen LogP contribution in [-0.2, 0) is 9.63 Å². The van der Waals surface area contributed by atoms with E-state index in [2.05, 4.69) is 5.16 Å². The van der Waals surface area contributed by atoms with Gasteiger partial charge < -0.3 is 15.7 Å². The fraction of sp³-hybridized carbons (Fsp3) is 0.714. The first kappa shape index (κ1) is 7.54. The highest BCUT2D eigenvalue weighted by Crippen LogP contribution is 2.33. The Morgan fingerprint density at radius 3 is 3.08 bits per heavy atom. The number of rotatable bonds is 1. The third-order valence-electron chi connectivity index (χ3n) is 2.47. The molecule has 2 aliphatic rings. The molecule has 3 atom stereocenters. The molecule has 1 saturated carbocycles. The molecule has 66 valence electrons. The fourth-order valence-corrected chi connectivity index (χ4v) is 1.83. The van der Waals surface area contributed by atoms with E-state index in [4.69, 9.17) is 15.7 Å². The van der Waals surface area contributed by atoms with Crippen LogP contribution in [0.3, 0.4) is 0 Å². The van der Waals surface area contributed by atoms with Gasteiger partial charge in [-0.05, 0) is 12.8 Å². The number of carboxylic acid groups (broad SMARTS) is 1. The molecular formula is C7H10N2O3. The summed E-state index contributed by atoms with van der Waals surface area (Å²) in [5, 5.41) is 12.2. The van der Waals surface area contributed by atoms with Crippen molar-refractivity contribution < 1.29 is 14.7 Å². The molecule has 0 spiro atoms. The van der Waals surface area contributed by atoms with Gasteiger partial charge in [-0.25, -0.2) is 4.79 Å². The topological polar surface area (TPSA) is 84.9 Å². The Balaban J connectivity index is 2.18. The van der Waals surface area contributed by atoms with Crippen molar-refractivity contribution >= 4 is 11.7 Å². The predicted molar refractivity (Wildman–Crippen MR) is 40.6 cm³/mol. The summed E-state index contributed by atoms with van der Waals surface area (Å²) in [6, 6.07) is -0.0596. The van der Waals surface area contributed by atoms with Crippen molar-refractivity contribution in [1.29, 1.82) is 0 Å². The lowest BCUT2D eigenvalue weighted by molar-refractivity contribution is -0.129. The number of hydrogen-bond acceptors (Lipinski definition) is 4. The molecule has 2 rings (SSSR count). The summed E-state index contributed by atoms with van der Waals surface area (Å²) < 4.78 is 0. The maximum Gasteiger partial charge on any atom is 0.354 e. The molecule has 0 aromatic rings. The molecule has 0 aromatic carbocycles. The predicted octanol–water partition coefficient (Wildman–Crippen LogP) is -0.437. The van der Waals surface area contributed by atoms with Crippen molar-refractivity contribution in [3.63, 3.8) is 0 Å². The Kier molecular flexibility index (Phi) is 1.54. The van der Waals surface area contributed by atoms with Gasteiger partial charge in [0.15, 0.2) is 11.8 Å². The third-order valence-corrected chi connectivity index (χ3v) is 2.47. The zero-order valence-corrected chi connectivity index (χ0v) is 6.43. The summed E-state index contributed by atoms with van der Waals surface area (Å²) in [7, 11) is 0. The number of nitrogens with two attached hydrogens (primary N) is 1. The van der Waals surface area contributed by atoms with Crippen LogP contribution in [-0.4, -0.2) is 28.9 Å². The number of hydrogen-bond donors (Lipinski definition) is 2. The van der Waals surface area contributed by atoms with Gasteiger partial charge in [-0.15, -0.1) is 0 Å². The SMILES string of the molecule is N[C@H]1CCC2C(C(=O)O)=NOC21. The molecule has 12 heavy (non-hydrogen) atoms. The fourth-order valence-electron chi connectivity index (χ4n) is 1.83. The van der Waals surface area contributed by atoms with E-state index >= 15 is 0 Å². The molecule has 0 saturated heterocycles. The summed E-state index contributed by atoms with van der Waals surface area (Å²) in [4.78, 5) is 15.5. The standard InChI is InChI=1S/C7H10N2O3/c8-4-2-1-3-5(7(10)11)9-12-6(3)4/h3-4,6H,1-2,8H2,(H,10,11)/t3?,4-,6?/m0/s1. The molecule has 1 heterocycles. The molecular weight excluding hydrogens is 160 g/mol. The number of fused-ring (bicyclic) bond motifs is 1. The van der Waals surface area contributed by atoms with Crippen LogP contribution in [0.25, 0.3) is 0 Å². The minimum absolute atomic E-state index is 0.0596. The minimum atomic E-state index is -0.989. The Hall–Kier alpha value is -1.10. The highest BCUT2D eigenvalue weighted by molar-refractivity contribution is 6.36. The average molecular weight is 170 g/mol. The highest BCUT2D eigenvalue weighted by atomic mass is 16.6. The highest BCUT2D eigenvalue weighted by Gasteiger charge is 2.45. The quantitative estimate of drug-likeness (QED) is 0.558. The second kappa shape index (κ2) is 2.45. The van der Waals surface area contributed by atoms with Crippen LogP contribution in [0.5, 0.6) is 0 Å². The van der Waals surface area contributed by atoms with E-state index in [0.717, 1.165) is 12.8 Å². The Morgan fingerprint density at radius 1 is 1.67 bits per heavy atom. The van der Waals surface area contributed by atoms with Crippen molar-refractivity contribution in [3.8, 4) is 0 Å². The summed E-state index contributed by atoms with van der Waals surface area (Å²) in [5.74, 6) is -1.07. The van der Waals surface area contributed by atoms with Crippen molar-refractivity contribution in [1.82, 2.24) is 0 Å². The molecule has 0 aromatic heterocycles. The van der Waals surface area contributed by atoms with Gasteiger partial charge in [0.05, 0.1) is 5.92 Å². The summed E-state index contributed by atoms with van der Waals surface area (Å²) >= 11 is 0. The van der Waals surface area contributed by atoms with E-state index in [1.807, 2.05) is 0 Å². The van der Waals surface area contributed by atoms with Crippen LogP contribution in [0.4, 0.5) is 0 Å². The normalized spacial score (nSPS) is 38.8. The molecule has 5 nitrogen and oxygen atoms in total. The summed E-state index contributed by atoms with van der Waals surface area (Å²) in [6.07, 6.45) is 1.40. The number of nitrogens with zero attached hydrogens (tertiary/aromatic N) is 1. The lowest BCUT2D eigenvalue weighted by Gasteiger charge is -2.10. The molecule has 0 radical (unpaired) electrons. The maximum absolute atomic E-state index is 10.6. The second-order valence-electron chi connectivity index (χ2n) is 3.20. The van der Waals surface area contributed by atoms with E-state index in [1.54, 1.807) is 0 Å². The van der Waals surface area contributed by atoms with Gasteiger partial charge in [-0.1, -0.05) is 5.16 Å². The smallest absolute Gasteiger partial charge is 0.354 e. The molecule has 1 fully saturated rings. The van der Waals surface area contributed by atoms with Crippen molar-refractivity contribution in [3.05, 3.63) is 0 Å². The van der Waals surface area contributed by atoms with E-state index in [9.17, 15) is 4.79 Å². The van der Waals surface area contributed by atoms with Gasteiger partial charge in [0.1, 0.15) is 0 Å². The van der Waals surface area contributed by atoms with Crippen LogP contribution < -0.4 is 5.73 Å². The molecule has 0 amide bonds. The first-order valence-corrected chi connectivity index (χ1v) is 3.92. The van der Waals surface area contributed by atoms with Crippen molar-refractivity contribution in [2.24, 2.45) is 16.8 Å². The number of aliphatic carboxylic acids is 1. The van der Waals surface area contributed by atoms with Gasteiger partial charge >= 0.3 is 5.97 Å². The van der Waals surface area contributed by atoms with Crippen LogP contribution >= 0.6 is 0 Å². The van der Waals surface area contributed by atoms with Crippen LogP contribution in [0.15, 0.2) is 5.16 Å². The first-order valence-electron chi connectivity index (χ1n) is 3.92. The monoisotopic (exact) mass is 170 g/mol. The van der Waals surface area contributed by atoms with E-state index < -0.39 is 5.97 Å². The van der Waals surface area contributed by atoms with Gasteiger partial charge in [0.25, 0.3) is 0 Å². The number of carbonyl (C=O) groups is 1. The lowest BCUT2D eigenvalue weighted by atomic mass is 10.00. The van der Waals surface area contributed by atoms with E-state index in [-0.39, 0.29) is 23.8 Å². The minimum Gasteiger partial charge on any atom is -0.477 e. The van der Waals surface area contributed by atoms with Crippen molar-refractivity contribution in [2.75, 3.05) is 0 Å². The molecule has 5 heteroatoms. The van der Waals surface area contributed by atoms with Gasteiger partial charge in [0, 0.05) is 6.04 Å².